The number of likely N-dealkylation sites (N-methyl/N-ethyl adjacent to an activating group) is 1. The number of ether oxygens (including phenoxy) is 2. The maximum Gasteiger partial charge on any atom is 0.119 e. The van der Waals surface area contributed by atoms with Gasteiger partial charge in [-0.2, -0.15) is 0 Å². The molecule has 1 N–H and O–H groups in total. The van der Waals surface area contributed by atoms with E-state index in [0.717, 1.165) is 16.6 Å². The van der Waals surface area contributed by atoms with Crippen molar-refractivity contribution in [3.05, 3.63) is 28.2 Å². The highest BCUT2D eigenvalue weighted by molar-refractivity contribution is 9.10. The van der Waals surface area contributed by atoms with Gasteiger partial charge in [0, 0.05) is 17.6 Å². The van der Waals surface area contributed by atoms with Gasteiger partial charge in [0.15, 0.2) is 0 Å². The molecule has 0 radical (unpaired) electrons. The molecule has 3 nitrogen and oxygen atoms in total. The predicted octanol–water partition coefficient (Wildman–Crippen LogP) is 3.26. The molecule has 1 aromatic rings. The first-order chi connectivity index (χ1) is 9.03. The Morgan fingerprint density at radius 3 is 2.42 bits per heavy atom. The average Bonchev–Trinajstić information content (AvgIpc) is 2.40. The normalized spacial score (nSPS) is 14.5. The van der Waals surface area contributed by atoms with E-state index in [9.17, 15) is 0 Å². The highest BCUT2D eigenvalue weighted by atomic mass is 79.9. The summed E-state index contributed by atoms with van der Waals surface area (Å²) in [4.78, 5) is 0. The molecule has 0 aliphatic heterocycles. The number of halogens is 1. The van der Waals surface area contributed by atoms with Crippen LogP contribution in [-0.2, 0) is 11.2 Å². The monoisotopic (exact) mass is 329 g/mol. The molecule has 0 amide bonds. The molecule has 2 unspecified atom stereocenters. The molecule has 1 aromatic carbocycles. The first-order valence-electron chi connectivity index (χ1n) is 6.56. The summed E-state index contributed by atoms with van der Waals surface area (Å²) in [6.45, 7) is 4.36. The van der Waals surface area contributed by atoms with Crippen LogP contribution >= 0.6 is 15.9 Å². The molecule has 19 heavy (non-hydrogen) atoms. The van der Waals surface area contributed by atoms with Crippen LogP contribution in [0.4, 0.5) is 0 Å². The summed E-state index contributed by atoms with van der Waals surface area (Å²) in [6.07, 6.45) is 1.08. The van der Waals surface area contributed by atoms with E-state index in [0.29, 0.717) is 5.92 Å². The minimum atomic E-state index is 0.183. The van der Waals surface area contributed by atoms with Gasteiger partial charge in [-0.3, -0.25) is 0 Å². The Morgan fingerprint density at radius 2 is 1.95 bits per heavy atom. The van der Waals surface area contributed by atoms with Crippen molar-refractivity contribution in [2.24, 2.45) is 5.92 Å². The van der Waals surface area contributed by atoms with Gasteiger partial charge in [0.1, 0.15) is 5.75 Å². The molecule has 0 spiro atoms. The summed E-state index contributed by atoms with van der Waals surface area (Å²) in [5.41, 5.74) is 1.22. The van der Waals surface area contributed by atoms with E-state index in [4.69, 9.17) is 9.47 Å². The molecule has 0 aliphatic rings. The van der Waals surface area contributed by atoms with E-state index >= 15 is 0 Å². The third-order valence-electron chi connectivity index (χ3n) is 3.39. The van der Waals surface area contributed by atoms with Crippen LogP contribution in [0.5, 0.6) is 5.75 Å². The minimum absolute atomic E-state index is 0.183. The lowest BCUT2D eigenvalue weighted by atomic mass is 9.94. The highest BCUT2D eigenvalue weighted by Crippen LogP contribution is 2.25. The van der Waals surface area contributed by atoms with Gasteiger partial charge in [-0.1, -0.05) is 29.8 Å². The maximum atomic E-state index is 5.62. The topological polar surface area (TPSA) is 30.5 Å². The number of rotatable bonds is 7. The zero-order valence-electron chi connectivity index (χ0n) is 12.4. The lowest BCUT2D eigenvalue weighted by Gasteiger charge is -2.29. The molecule has 0 aliphatic carbocycles. The van der Waals surface area contributed by atoms with Crippen molar-refractivity contribution in [2.75, 3.05) is 21.3 Å². The summed E-state index contributed by atoms with van der Waals surface area (Å²) < 4.78 is 12.0. The third-order valence-corrected chi connectivity index (χ3v) is 4.16. The van der Waals surface area contributed by atoms with Crippen LogP contribution in [0.15, 0.2) is 22.7 Å². The van der Waals surface area contributed by atoms with Gasteiger partial charge in [-0.05, 0) is 43.1 Å². The molecule has 0 bridgehead atoms. The second-order valence-electron chi connectivity index (χ2n) is 5.00. The first-order valence-corrected chi connectivity index (χ1v) is 7.35. The number of methoxy groups -OCH3 is 2. The van der Waals surface area contributed by atoms with Crippen molar-refractivity contribution in [3.63, 3.8) is 0 Å². The summed E-state index contributed by atoms with van der Waals surface area (Å²) >= 11 is 3.60. The Morgan fingerprint density at radius 1 is 1.26 bits per heavy atom. The zero-order chi connectivity index (χ0) is 14.4. The van der Waals surface area contributed by atoms with Crippen LogP contribution in [0, 0.1) is 5.92 Å². The highest BCUT2D eigenvalue weighted by Gasteiger charge is 2.24. The van der Waals surface area contributed by atoms with Gasteiger partial charge in [0.25, 0.3) is 0 Å². The van der Waals surface area contributed by atoms with E-state index in [1.54, 1.807) is 14.2 Å². The quantitative estimate of drug-likeness (QED) is 0.832. The largest absolute Gasteiger partial charge is 0.497 e. The molecule has 4 heteroatoms. The van der Waals surface area contributed by atoms with E-state index in [2.05, 4.69) is 41.2 Å². The number of hydrogen-bond donors (Lipinski definition) is 1. The SMILES string of the molecule is CNC(Cc1cc(OC)ccc1Br)C(OC)C(C)C. The van der Waals surface area contributed by atoms with Crippen molar-refractivity contribution >= 4 is 15.9 Å². The van der Waals surface area contributed by atoms with Gasteiger partial charge >= 0.3 is 0 Å². The van der Waals surface area contributed by atoms with Crippen molar-refractivity contribution in [3.8, 4) is 5.75 Å². The summed E-state index contributed by atoms with van der Waals surface area (Å²) in [7, 11) is 5.44. The summed E-state index contributed by atoms with van der Waals surface area (Å²) in [5, 5.41) is 3.36. The Labute approximate surface area is 124 Å². The van der Waals surface area contributed by atoms with Crippen molar-refractivity contribution < 1.29 is 9.47 Å². The maximum absolute atomic E-state index is 5.62. The number of nitrogens with one attached hydrogen (secondary N) is 1. The fraction of sp³-hybridized carbons (Fsp3) is 0.600. The van der Waals surface area contributed by atoms with E-state index in [1.165, 1.54) is 5.56 Å². The van der Waals surface area contributed by atoms with Crippen LogP contribution in [-0.4, -0.2) is 33.4 Å². The lowest BCUT2D eigenvalue weighted by Crippen LogP contribution is -2.43. The average molecular weight is 330 g/mol. The van der Waals surface area contributed by atoms with E-state index < -0.39 is 0 Å². The van der Waals surface area contributed by atoms with Crippen LogP contribution in [0.2, 0.25) is 0 Å². The fourth-order valence-corrected chi connectivity index (χ4v) is 2.76. The van der Waals surface area contributed by atoms with E-state index in [-0.39, 0.29) is 12.1 Å². The molecular weight excluding hydrogens is 306 g/mol. The Bertz CT molecular complexity index is 396. The fourth-order valence-electron chi connectivity index (χ4n) is 2.35. The van der Waals surface area contributed by atoms with Crippen molar-refractivity contribution in [1.29, 1.82) is 0 Å². The smallest absolute Gasteiger partial charge is 0.119 e. The van der Waals surface area contributed by atoms with Crippen molar-refractivity contribution in [1.82, 2.24) is 5.32 Å². The first kappa shape index (κ1) is 16.5. The molecule has 1 rings (SSSR count). The van der Waals surface area contributed by atoms with Crippen LogP contribution in [0.3, 0.4) is 0 Å². The zero-order valence-corrected chi connectivity index (χ0v) is 14.0. The van der Waals surface area contributed by atoms with Gasteiger partial charge in [0.2, 0.25) is 0 Å². The standard InChI is InChI=1S/C15H24BrNO2/c1-10(2)15(19-5)14(17-3)9-11-8-12(18-4)6-7-13(11)16/h6-8,10,14-15,17H,9H2,1-5H3. The van der Waals surface area contributed by atoms with Gasteiger partial charge < -0.3 is 14.8 Å². The molecule has 0 saturated heterocycles. The van der Waals surface area contributed by atoms with Gasteiger partial charge in [-0.25, -0.2) is 0 Å². The summed E-state index contributed by atoms with van der Waals surface area (Å²) in [6, 6.07) is 6.32. The predicted molar refractivity (Wildman–Crippen MR) is 82.9 cm³/mol. The number of hydrogen-bond acceptors (Lipinski definition) is 3. The molecule has 2 atom stereocenters. The molecule has 0 fully saturated rings. The Kier molecular flexibility index (Phi) is 6.83. The van der Waals surface area contributed by atoms with Gasteiger partial charge in [0.05, 0.1) is 13.2 Å². The molecule has 108 valence electrons. The summed E-state index contributed by atoms with van der Waals surface area (Å²) in [5.74, 6) is 1.35. The molecular formula is C15H24BrNO2. The Balaban J connectivity index is 2.91. The van der Waals surface area contributed by atoms with Crippen molar-refractivity contribution in [2.45, 2.75) is 32.4 Å². The van der Waals surface area contributed by atoms with Gasteiger partial charge in [-0.15, -0.1) is 0 Å². The minimum Gasteiger partial charge on any atom is -0.497 e. The van der Waals surface area contributed by atoms with Crippen LogP contribution in [0.25, 0.3) is 0 Å². The van der Waals surface area contributed by atoms with E-state index in [1.807, 2.05) is 19.2 Å². The lowest BCUT2D eigenvalue weighted by molar-refractivity contribution is 0.0353. The van der Waals surface area contributed by atoms with Crippen LogP contribution < -0.4 is 10.1 Å². The number of benzene rings is 1. The second kappa shape index (κ2) is 7.88. The Hall–Kier alpha value is -0.580. The second-order valence-corrected chi connectivity index (χ2v) is 5.86. The van der Waals surface area contributed by atoms with Crippen LogP contribution in [0.1, 0.15) is 19.4 Å². The molecule has 0 aromatic heterocycles. The molecule has 0 heterocycles. The third kappa shape index (κ3) is 4.48. The molecule has 0 saturated carbocycles.